The van der Waals surface area contributed by atoms with Crippen molar-refractivity contribution < 1.29 is 4.79 Å². The van der Waals surface area contributed by atoms with Gasteiger partial charge in [-0.25, -0.2) is 4.98 Å². The number of carbonyl (C=O) groups is 1. The van der Waals surface area contributed by atoms with E-state index < -0.39 is 5.92 Å². The molecule has 0 fully saturated rings. The summed E-state index contributed by atoms with van der Waals surface area (Å²) in [4.78, 5) is 16.2. The molecule has 7 heteroatoms. The van der Waals surface area contributed by atoms with Crippen molar-refractivity contribution in [1.82, 2.24) is 20.5 Å². The van der Waals surface area contributed by atoms with Crippen LogP contribution in [0.25, 0.3) is 0 Å². The van der Waals surface area contributed by atoms with Crippen LogP contribution in [0, 0.1) is 0 Å². The van der Waals surface area contributed by atoms with E-state index in [1.165, 1.54) is 6.33 Å². The number of thiocarbonyl (C=S) groups is 1. The highest BCUT2D eigenvalue weighted by molar-refractivity contribution is 7.80. The first-order valence-electron chi connectivity index (χ1n) is 5.64. The molecule has 98 valence electrons. The monoisotopic (exact) mass is 275 g/mol. The second kappa shape index (κ2) is 6.05. The SMILES string of the molecule is NC(=S)C(C(=O)NCc1ncn[nH]1)c1ccccc1. The Labute approximate surface area is 115 Å². The number of hydrogen-bond acceptors (Lipinski definition) is 4. The van der Waals surface area contributed by atoms with Gasteiger partial charge in [0.1, 0.15) is 18.1 Å². The lowest BCUT2D eigenvalue weighted by molar-refractivity contribution is -0.121. The van der Waals surface area contributed by atoms with Gasteiger partial charge >= 0.3 is 0 Å². The van der Waals surface area contributed by atoms with Crippen molar-refractivity contribution in [3.8, 4) is 0 Å². The highest BCUT2D eigenvalue weighted by Crippen LogP contribution is 2.16. The van der Waals surface area contributed by atoms with Gasteiger partial charge in [-0.1, -0.05) is 42.5 Å². The van der Waals surface area contributed by atoms with E-state index in [2.05, 4.69) is 20.5 Å². The number of carbonyl (C=O) groups excluding carboxylic acids is 1. The summed E-state index contributed by atoms with van der Waals surface area (Å²) in [6.45, 7) is 0.255. The second-order valence-electron chi connectivity index (χ2n) is 3.90. The van der Waals surface area contributed by atoms with Crippen LogP contribution in [0.15, 0.2) is 36.7 Å². The molecule has 0 spiro atoms. The summed E-state index contributed by atoms with van der Waals surface area (Å²) in [7, 11) is 0. The molecule has 1 unspecified atom stereocenters. The smallest absolute Gasteiger partial charge is 0.234 e. The highest BCUT2D eigenvalue weighted by Gasteiger charge is 2.23. The van der Waals surface area contributed by atoms with E-state index in [-0.39, 0.29) is 17.4 Å². The van der Waals surface area contributed by atoms with E-state index in [1.54, 1.807) is 0 Å². The molecular formula is C12H13N5OS. The Morgan fingerprint density at radius 3 is 2.74 bits per heavy atom. The second-order valence-corrected chi connectivity index (χ2v) is 4.37. The van der Waals surface area contributed by atoms with E-state index in [0.29, 0.717) is 5.82 Å². The molecule has 2 rings (SSSR count). The summed E-state index contributed by atoms with van der Waals surface area (Å²) >= 11 is 4.97. The molecular weight excluding hydrogens is 262 g/mol. The average molecular weight is 275 g/mol. The normalized spacial score (nSPS) is 11.8. The lowest BCUT2D eigenvalue weighted by Crippen LogP contribution is -2.36. The summed E-state index contributed by atoms with van der Waals surface area (Å²) in [5.41, 5.74) is 6.42. The number of aromatic amines is 1. The van der Waals surface area contributed by atoms with Crippen LogP contribution in [0.1, 0.15) is 17.3 Å². The van der Waals surface area contributed by atoms with Crippen molar-refractivity contribution >= 4 is 23.1 Å². The molecule has 0 aliphatic heterocycles. The predicted molar refractivity (Wildman–Crippen MR) is 74.2 cm³/mol. The Balaban J connectivity index is 2.07. The van der Waals surface area contributed by atoms with E-state index in [1.807, 2.05) is 30.3 Å². The third kappa shape index (κ3) is 3.35. The topological polar surface area (TPSA) is 96.7 Å². The lowest BCUT2D eigenvalue weighted by atomic mass is 9.98. The fraction of sp³-hybridized carbons (Fsp3) is 0.167. The molecule has 1 aromatic carbocycles. The minimum Gasteiger partial charge on any atom is -0.392 e. The van der Waals surface area contributed by atoms with Crippen molar-refractivity contribution in [1.29, 1.82) is 0 Å². The van der Waals surface area contributed by atoms with Crippen LogP contribution in [-0.4, -0.2) is 26.1 Å². The Morgan fingerprint density at radius 2 is 2.16 bits per heavy atom. The van der Waals surface area contributed by atoms with Gasteiger partial charge in [-0.3, -0.25) is 9.89 Å². The van der Waals surface area contributed by atoms with Gasteiger partial charge in [-0.05, 0) is 5.56 Å². The summed E-state index contributed by atoms with van der Waals surface area (Å²) < 4.78 is 0. The van der Waals surface area contributed by atoms with Gasteiger partial charge < -0.3 is 11.1 Å². The third-order valence-electron chi connectivity index (χ3n) is 2.57. The van der Waals surface area contributed by atoms with Gasteiger partial charge in [0.15, 0.2) is 0 Å². The molecule has 0 radical (unpaired) electrons. The number of amides is 1. The molecule has 2 aromatic rings. The van der Waals surface area contributed by atoms with Crippen LogP contribution >= 0.6 is 12.2 Å². The van der Waals surface area contributed by atoms with Gasteiger partial charge in [0.05, 0.1) is 11.5 Å². The van der Waals surface area contributed by atoms with Gasteiger partial charge in [0.25, 0.3) is 0 Å². The molecule has 0 saturated carbocycles. The van der Waals surface area contributed by atoms with Crippen molar-refractivity contribution in [2.24, 2.45) is 5.73 Å². The first kappa shape index (κ1) is 13.2. The number of nitrogens with two attached hydrogens (primary N) is 1. The van der Waals surface area contributed by atoms with Gasteiger partial charge in [-0.2, -0.15) is 5.10 Å². The summed E-state index contributed by atoms with van der Waals surface area (Å²) in [6.07, 6.45) is 1.38. The zero-order valence-corrected chi connectivity index (χ0v) is 10.9. The quantitative estimate of drug-likeness (QED) is 0.690. The molecule has 1 heterocycles. The first-order chi connectivity index (χ1) is 9.18. The molecule has 0 bridgehead atoms. The summed E-state index contributed by atoms with van der Waals surface area (Å²) in [6, 6.07) is 9.18. The fourth-order valence-electron chi connectivity index (χ4n) is 1.68. The molecule has 19 heavy (non-hydrogen) atoms. The largest absolute Gasteiger partial charge is 0.392 e. The van der Waals surface area contributed by atoms with Crippen LogP contribution in [0.5, 0.6) is 0 Å². The van der Waals surface area contributed by atoms with Crippen LogP contribution in [0.3, 0.4) is 0 Å². The van der Waals surface area contributed by atoms with Gasteiger partial charge in [0.2, 0.25) is 5.91 Å². The molecule has 1 amide bonds. The predicted octanol–water partition coefficient (Wildman–Crippen LogP) is 0.491. The van der Waals surface area contributed by atoms with Crippen LogP contribution in [0.4, 0.5) is 0 Å². The summed E-state index contributed by atoms with van der Waals surface area (Å²) in [5, 5.41) is 9.09. The number of H-pyrrole nitrogens is 1. The molecule has 6 nitrogen and oxygen atoms in total. The maximum Gasteiger partial charge on any atom is 0.234 e. The Hall–Kier alpha value is -2.28. The third-order valence-corrected chi connectivity index (χ3v) is 2.81. The van der Waals surface area contributed by atoms with E-state index in [4.69, 9.17) is 18.0 Å². The lowest BCUT2D eigenvalue weighted by Gasteiger charge is -2.15. The Kier molecular flexibility index (Phi) is 4.19. The Morgan fingerprint density at radius 1 is 1.42 bits per heavy atom. The van der Waals surface area contributed by atoms with Crippen LogP contribution in [0.2, 0.25) is 0 Å². The molecule has 0 aliphatic rings. The van der Waals surface area contributed by atoms with Crippen molar-refractivity contribution in [3.63, 3.8) is 0 Å². The molecule has 0 saturated heterocycles. The van der Waals surface area contributed by atoms with Crippen LogP contribution in [-0.2, 0) is 11.3 Å². The molecule has 1 aromatic heterocycles. The first-order valence-corrected chi connectivity index (χ1v) is 6.05. The number of aromatic nitrogens is 3. The minimum atomic E-state index is -0.640. The van der Waals surface area contributed by atoms with Crippen LogP contribution < -0.4 is 11.1 Å². The Bertz CT molecular complexity index is 555. The van der Waals surface area contributed by atoms with Crippen molar-refractivity contribution in [2.75, 3.05) is 0 Å². The number of hydrogen-bond donors (Lipinski definition) is 3. The van der Waals surface area contributed by atoms with E-state index in [9.17, 15) is 4.79 Å². The number of nitrogens with zero attached hydrogens (tertiary/aromatic N) is 2. The van der Waals surface area contributed by atoms with Gasteiger partial charge in [0, 0.05) is 0 Å². The highest BCUT2D eigenvalue weighted by atomic mass is 32.1. The molecule has 1 atom stereocenters. The molecule has 4 N–H and O–H groups in total. The number of benzene rings is 1. The zero-order valence-electron chi connectivity index (χ0n) is 10.0. The fourth-order valence-corrected chi connectivity index (χ4v) is 1.92. The van der Waals surface area contributed by atoms with Gasteiger partial charge in [-0.15, -0.1) is 0 Å². The maximum absolute atomic E-state index is 12.1. The van der Waals surface area contributed by atoms with E-state index >= 15 is 0 Å². The van der Waals surface area contributed by atoms with Crippen molar-refractivity contribution in [3.05, 3.63) is 48.0 Å². The number of nitrogens with one attached hydrogen (secondary N) is 2. The maximum atomic E-state index is 12.1. The summed E-state index contributed by atoms with van der Waals surface area (Å²) in [5.74, 6) is -0.322. The number of rotatable bonds is 5. The van der Waals surface area contributed by atoms with E-state index in [0.717, 1.165) is 5.56 Å². The minimum absolute atomic E-state index is 0.140. The van der Waals surface area contributed by atoms with Crippen molar-refractivity contribution in [2.45, 2.75) is 12.5 Å². The molecule has 0 aliphatic carbocycles. The standard InChI is InChI=1S/C12H13N5OS/c13-11(19)10(8-4-2-1-3-5-8)12(18)14-6-9-15-7-16-17-9/h1-5,7,10H,6H2,(H2,13,19)(H,14,18)(H,15,16,17). The zero-order chi connectivity index (χ0) is 13.7. The average Bonchev–Trinajstić information content (AvgIpc) is 2.90.